The van der Waals surface area contributed by atoms with E-state index in [0.717, 1.165) is 23.4 Å². The number of halogens is 4. The van der Waals surface area contributed by atoms with Crippen LogP contribution in [-0.2, 0) is 12.6 Å². The predicted octanol–water partition coefficient (Wildman–Crippen LogP) is 4.61. The van der Waals surface area contributed by atoms with E-state index in [1.807, 2.05) is 13.0 Å². The minimum atomic E-state index is -4.58. The highest BCUT2D eigenvalue weighted by Gasteiger charge is 2.33. The zero-order valence-electron chi connectivity index (χ0n) is 10.3. The fraction of sp³-hybridized carbons (Fsp3) is 0.231. The molecule has 0 aromatic carbocycles. The summed E-state index contributed by atoms with van der Waals surface area (Å²) in [4.78, 5) is 16.9. The van der Waals surface area contributed by atoms with Gasteiger partial charge in [-0.2, -0.15) is 13.2 Å². The van der Waals surface area contributed by atoms with Gasteiger partial charge in [-0.05, 0) is 30.7 Å². The fourth-order valence-corrected chi connectivity index (χ4v) is 2.73. The number of hydrogen-bond donors (Lipinski definition) is 0. The molecule has 0 N–H and O–H groups in total. The molecule has 20 heavy (non-hydrogen) atoms. The lowest BCUT2D eigenvalue weighted by molar-refractivity contribution is -0.141. The molecule has 0 amide bonds. The summed E-state index contributed by atoms with van der Waals surface area (Å²) >= 11 is 6.99. The van der Waals surface area contributed by atoms with Crippen molar-refractivity contribution in [2.45, 2.75) is 19.5 Å². The lowest BCUT2D eigenvalue weighted by Gasteiger charge is -2.07. The number of hydrogen-bond acceptors (Lipinski definition) is 3. The maximum atomic E-state index is 12.5. The van der Waals surface area contributed by atoms with Gasteiger partial charge in [-0.3, -0.25) is 4.79 Å². The van der Waals surface area contributed by atoms with Gasteiger partial charge in [0.1, 0.15) is 10.8 Å². The number of pyridine rings is 1. The number of nitrogens with zero attached hydrogens (tertiary/aromatic N) is 1. The molecule has 2 heterocycles. The van der Waals surface area contributed by atoms with E-state index in [4.69, 9.17) is 11.6 Å². The van der Waals surface area contributed by atoms with Gasteiger partial charge >= 0.3 is 6.18 Å². The van der Waals surface area contributed by atoms with E-state index < -0.39 is 22.8 Å². The van der Waals surface area contributed by atoms with E-state index in [2.05, 4.69) is 4.98 Å². The van der Waals surface area contributed by atoms with Crippen LogP contribution in [0.4, 0.5) is 13.2 Å². The third kappa shape index (κ3) is 3.02. The first kappa shape index (κ1) is 15.0. The van der Waals surface area contributed by atoms with Crippen LogP contribution in [0.3, 0.4) is 0 Å². The van der Waals surface area contributed by atoms with E-state index in [-0.39, 0.29) is 5.56 Å². The van der Waals surface area contributed by atoms with Gasteiger partial charge in [-0.1, -0.05) is 18.5 Å². The highest BCUT2D eigenvalue weighted by atomic mass is 35.5. The number of aryl methyl sites for hydroxylation is 1. The maximum absolute atomic E-state index is 12.5. The summed E-state index contributed by atoms with van der Waals surface area (Å²) in [6.45, 7) is 1.95. The number of thiophene rings is 1. The van der Waals surface area contributed by atoms with Crippen molar-refractivity contribution >= 4 is 28.7 Å². The van der Waals surface area contributed by atoms with Crippen molar-refractivity contribution in [3.05, 3.63) is 50.4 Å². The van der Waals surface area contributed by atoms with Gasteiger partial charge in [0.25, 0.3) is 0 Å². The van der Waals surface area contributed by atoms with E-state index in [1.54, 1.807) is 6.07 Å². The molecule has 0 spiro atoms. The summed E-state index contributed by atoms with van der Waals surface area (Å²) in [5, 5.41) is -0.434. The molecule has 0 unspecified atom stereocenters. The average Bonchev–Trinajstić information content (AvgIpc) is 2.85. The summed E-state index contributed by atoms with van der Waals surface area (Å²) in [6.07, 6.45) is -3.79. The minimum Gasteiger partial charge on any atom is -0.288 e. The zero-order chi connectivity index (χ0) is 14.9. The van der Waals surface area contributed by atoms with Gasteiger partial charge < -0.3 is 0 Å². The number of carbonyl (C=O) groups is 1. The molecule has 0 saturated carbocycles. The fourth-order valence-electron chi connectivity index (χ4n) is 1.58. The molecule has 7 heteroatoms. The minimum absolute atomic E-state index is 0.0239. The van der Waals surface area contributed by atoms with E-state index in [0.29, 0.717) is 4.88 Å². The topological polar surface area (TPSA) is 30.0 Å². The van der Waals surface area contributed by atoms with Crippen molar-refractivity contribution in [1.29, 1.82) is 0 Å². The Bertz CT molecular complexity index is 651. The summed E-state index contributed by atoms with van der Waals surface area (Å²) in [5.41, 5.74) is -1.14. The lowest BCUT2D eigenvalue weighted by atomic mass is 10.1. The molecular weight excluding hydrogens is 311 g/mol. The first-order valence-corrected chi connectivity index (χ1v) is 6.89. The summed E-state index contributed by atoms with van der Waals surface area (Å²) < 4.78 is 37.4. The number of rotatable bonds is 3. The van der Waals surface area contributed by atoms with Gasteiger partial charge in [0, 0.05) is 4.88 Å². The van der Waals surface area contributed by atoms with Crippen LogP contribution in [0.15, 0.2) is 24.3 Å². The highest BCUT2D eigenvalue weighted by molar-refractivity contribution is 7.14. The number of carbonyl (C=O) groups excluding carboxylic acids is 1. The highest BCUT2D eigenvalue weighted by Crippen LogP contribution is 2.30. The van der Waals surface area contributed by atoms with Gasteiger partial charge in [0.2, 0.25) is 5.78 Å². The molecular formula is C13H9ClF3NOS. The van der Waals surface area contributed by atoms with Crippen LogP contribution in [0.1, 0.15) is 32.7 Å². The summed E-state index contributed by atoms with van der Waals surface area (Å²) in [6, 6.07) is 5.27. The normalized spacial score (nSPS) is 11.7. The number of alkyl halides is 3. The second-order valence-electron chi connectivity index (χ2n) is 3.98. The Balaban J connectivity index is 2.36. The largest absolute Gasteiger partial charge is 0.433 e. The molecule has 2 rings (SSSR count). The van der Waals surface area contributed by atoms with E-state index >= 15 is 0 Å². The van der Waals surface area contributed by atoms with Crippen molar-refractivity contribution in [2.24, 2.45) is 0 Å². The van der Waals surface area contributed by atoms with Crippen LogP contribution < -0.4 is 0 Å². The Kier molecular flexibility index (Phi) is 4.15. The van der Waals surface area contributed by atoms with E-state index in [1.165, 1.54) is 11.3 Å². The SMILES string of the molecule is CCc1ccc(C(=O)c2ccc(C(F)(F)F)nc2Cl)s1. The number of aromatic nitrogens is 1. The standard InChI is InChI=1S/C13H9ClF3NOS/c1-2-7-3-5-9(20-7)11(19)8-4-6-10(13(15,16)17)18-12(8)14/h3-6H,2H2,1H3. The van der Waals surface area contributed by atoms with Crippen LogP contribution >= 0.6 is 22.9 Å². The van der Waals surface area contributed by atoms with Crippen LogP contribution in [0.25, 0.3) is 0 Å². The first-order valence-electron chi connectivity index (χ1n) is 5.70. The molecule has 0 bridgehead atoms. The molecule has 0 aliphatic carbocycles. The van der Waals surface area contributed by atoms with Crippen molar-refractivity contribution in [2.75, 3.05) is 0 Å². The van der Waals surface area contributed by atoms with Crippen molar-refractivity contribution in [1.82, 2.24) is 4.98 Å². The summed E-state index contributed by atoms with van der Waals surface area (Å²) in [7, 11) is 0. The van der Waals surface area contributed by atoms with Crippen LogP contribution in [0.2, 0.25) is 5.15 Å². The third-order valence-electron chi connectivity index (χ3n) is 2.62. The molecule has 0 aliphatic heterocycles. The Hall–Kier alpha value is -1.40. The smallest absolute Gasteiger partial charge is 0.288 e. The molecule has 0 saturated heterocycles. The molecule has 106 valence electrons. The van der Waals surface area contributed by atoms with Crippen molar-refractivity contribution in [3.8, 4) is 0 Å². The monoisotopic (exact) mass is 319 g/mol. The Morgan fingerprint density at radius 1 is 1.30 bits per heavy atom. The Labute approximate surface area is 122 Å². The van der Waals surface area contributed by atoms with Crippen LogP contribution in [0, 0.1) is 0 Å². The van der Waals surface area contributed by atoms with Crippen molar-refractivity contribution < 1.29 is 18.0 Å². The van der Waals surface area contributed by atoms with Gasteiger partial charge in [0.15, 0.2) is 0 Å². The predicted molar refractivity (Wildman–Crippen MR) is 71.4 cm³/mol. The average molecular weight is 320 g/mol. The van der Waals surface area contributed by atoms with Crippen LogP contribution in [-0.4, -0.2) is 10.8 Å². The molecule has 0 fully saturated rings. The van der Waals surface area contributed by atoms with E-state index in [9.17, 15) is 18.0 Å². The molecule has 2 aromatic heterocycles. The first-order chi connectivity index (χ1) is 9.32. The van der Waals surface area contributed by atoms with Gasteiger partial charge in [-0.15, -0.1) is 11.3 Å². The molecule has 0 atom stereocenters. The summed E-state index contributed by atoms with van der Waals surface area (Å²) in [5.74, 6) is -0.416. The van der Waals surface area contributed by atoms with Gasteiger partial charge in [-0.25, -0.2) is 4.98 Å². The van der Waals surface area contributed by atoms with Crippen LogP contribution in [0.5, 0.6) is 0 Å². The molecule has 2 nitrogen and oxygen atoms in total. The zero-order valence-corrected chi connectivity index (χ0v) is 11.9. The third-order valence-corrected chi connectivity index (χ3v) is 4.13. The van der Waals surface area contributed by atoms with Crippen molar-refractivity contribution in [3.63, 3.8) is 0 Å². The molecule has 2 aromatic rings. The Morgan fingerprint density at radius 3 is 2.50 bits per heavy atom. The number of ketones is 1. The second kappa shape index (κ2) is 5.54. The lowest BCUT2D eigenvalue weighted by Crippen LogP contribution is -2.10. The van der Waals surface area contributed by atoms with Gasteiger partial charge in [0.05, 0.1) is 10.4 Å². The quantitative estimate of drug-likeness (QED) is 0.611. The Morgan fingerprint density at radius 2 is 2.00 bits per heavy atom. The molecule has 0 radical (unpaired) electrons. The second-order valence-corrected chi connectivity index (χ2v) is 5.51. The maximum Gasteiger partial charge on any atom is 0.433 e. The molecule has 0 aliphatic rings.